The summed E-state index contributed by atoms with van der Waals surface area (Å²) in [5.41, 5.74) is 0.800. The van der Waals surface area contributed by atoms with E-state index in [1.165, 1.54) is 12.1 Å². The van der Waals surface area contributed by atoms with Gasteiger partial charge in [-0.15, -0.1) is 0 Å². The van der Waals surface area contributed by atoms with E-state index < -0.39 is 0 Å². The molecule has 0 saturated carbocycles. The summed E-state index contributed by atoms with van der Waals surface area (Å²) in [6, 6.07) is 6.27. The van der Waals surface area contributed by atoms with Crippen LogP contribution in [0.5, 0.6) is 5.75 Å². The highest BCUT2D eigenvalue weighted by atomic mass is 19.1. The van der Waals surface area contributed by atoms with E-state index in [9.17, 15) is 4.39 Å². The Bertz CT molecular complexity index is 534. The van der Waals surface area contributed by atoms with E-state index in [1.54, 1.807) is 24.5 Å². The molecule has 1 N–H and O–H groups in total. The number of rotatable bonds is 7. The number of nitrogens with one attached hydrogen (secondary N) is 1. The van der Waals surface area contributed by atoms with Crippen LogP contribution in [0.4, 0.5) is 4.39 Å². The molecule has 0 spiro atoms. The molecular weight excluding hydrogens is 257 g/mol. The van der Waals surface area contributed by atoms with Gasteiger partial charge in [-0.3, -0.25) is 0 Å². The lowest BCUT2D eigenvalue weighted by atomic mass is 10.2. The maximum atomic E-state index is 13.3. The lowest BCUT2D eigenvalue weighted by Crippen LogP contribution is -2.15. The average molecular weight is 275 g/mol. The number of ether oxygens (including phenoxy) is 1. The molecule has 0 saturated heterocycles. The van der Waals surface area contributed by atoms with Gasteiger partial charge >= 0.3 is 0 Å². The van der Waals surface area contributed by atoms with Gasteiger partial charge in [0.1, 0.15) is 18.2 Å². The normalized spacial score (nSPS) is 10.5. The van der Waals surface area contributed by atoms with Gasteiger partial charge in [-0.25, -0.2) is 14.4 Å². The molecule has 4 nitrogen and oxygen atoms in total. The topological polar surface area (TPSA) is 47.0 Å². The predicted octanol–water partition coefficient (Wildman–Crippen LogP) is 2.69. The minimum Gasteiger partial charge on any atom is -0.485 e. The Labute approximate surface area is 118 Å². The first-order chi connectivity index (χ1) is 9.79. The molecule has 0 aliphatic rings. The number of benzene rings is 1. The Morgan fingerprint density at radius 1 is 1.25 bits per heavy atom. The van der Waals surface area contributed by atoms with Crippen LogP contribution in [0.2, 0.25) is 0 Å². The molecular formula is C15H18FN3O. The smallest absolute Gasteiger partial charge is 0.166 e. The number of halogens is 1. The van der Waals surface area contributed by atoms with Crippen LogP contribution in [0.1, 0.15) is 24.7 Å². The van der Waals surface area contributed by atoms with Crippen LogP contribution in [0.15, 0.2) is 36.7 Å². The molecule has 1 aromatic carbocycles. The largest absolute Gasteiger partial charge is 0.485 e. The van der Waals surface area contributed by atoms with Gasteiger partial charge in [0.15, 0.2) is 5.82 Å². The van der Waals surface area contributed by atoms with Crippen molar-refractivity contribution in [1.82, 2.24) is 15.3 Å². The van der Waals surface area contributed by atoms with E-state index in [0.29, 0.717) is 18.1 Å². The van der Waals surface area contributed by atoms with Crippen molar-refractivity contribution in [2.24, 2.45) is 0 Å². The van der Waals surface area contributed by atoms with Crippen molar-refractivity contribution in [3.05, 3.63) is 53.9 Å². The van der Waals surface area contributed by atoms with E-state index in [1.807, 2.05) is 0 Å². The standard InChI is InChI=1S/C15H18FN3O/c1-2-6-17-10-12-9-13(16)4-5-14(12)20-11-15-18-7-3-8-19-15/h3-5,7-9,17H,2,6,10-11H2,1H3. The third-order valence-corrected chi connectivity index (χ3v) is 2.74. The number of aromatic nitrogens is 2. The second kappa shape index (κ2) is 7.55. The third kappa shape index (κ3) is 4.28. The molecule has 0 bridgehead atoms. The highest BCUT2D eigenvalue weighted by Crippen LogP contribution is 2.20. The molecule has 106 valence electrons. The number of nitrogens with zero attached hydrogens (tertiary/aromatic N) is 2. The molecule has 0 radical (unpaired) electrons. The zero-order valence-corrected chi connectivity index (χ0v) is 11.5. The minimum atomic E-state index is -0.262. The van der Waals surface area contributed by atoms with E-state index in [0.717, 1.165) is 18.5 Å². The van der Waals surface area contributed by atoms with Gasteiger partial charge in [0.2, 0.25) is 0 Å². The van der Waals surface area contributed by atoms with Crippen molar-refractivity contribution in [2.75, 3.05) is 6.54 Å². The van der Waals surface area contributed by atoms with Crippen LogP contribution in [0, 0.1) is 5.82 Å². The van der Waals surface area contributed by atoms with Crippen LogP contribution in [-0.4, -0.2) is 16.5 Å². The molecule has 1 heterocycles. The molecule has 0 unspecified atom stereocenters. The lowest BCUT2D eigenvalue weighted by molar-refractivity contribution is 0.291. The van der Waals surface area contributed by atoms with E-state index in [-0.39, 0.29) is 12.4 Å². The van der Waals surface area contributed by atoms with Gasteiger partial charge in [0, 0.05) is 24.5 Å². The highest BCUT2D eigenvalue weighted by molar-refractivity contribution is 5.34. The maximum Gasteiger partial charge on any atom is 0.166 e. The molecule has 0 aliphatic heterocycles. The second-order valence-corrected chi connectivity index (χ2v) is 4.38. The monoisotopic (exact) mass is 275 g/mol. The van der Waals surface area contributed by atoms with Crippen molar-refractivity contribution >= 4 is 0 Å². The Morgan fingerprint density at radius 3 is 2.80 bits per heavy atom. The van der Waals surface area contributed by atoms with Gasteiger partial charge in [-0.1, -0.05) is 6.92 Å². The van der Waals surface area contributed by atoms with Gasteiger partial charge < -0.3 is 10.1 Å². The lowest BCUT2D eigenvalue weighted by Gasteiger charge is -2.11. The first kappa shape index (κ1) is 14.4. The van der Waals surface area contributed by atoms with E-state index in [2.05, 4.69) is 22.2 Å². The summed E-state index contributed by atoms with van der Waals surface area (Å²) in [4.78, 5) is 8.18. The molecule has 20 heavy (non-hydrogen) atoms. The van der Waals surface area contributed by atoms with Crippen molar-refractivity contribution in [1.29, 1.82) is 0 Å². The summed E-state index contributed by atoms with van der Waals surface area (Å²) in [5.74, 6) is 0.994. The summed E-state index contributed by atoms with van der Waals surface area (Å²) in [6.45, 7) is 3.82. The Kier molecular flexibility index (Phi) is 5.43. The number of hydrogen-bond acceptors (Lipinski definition) is 4. The van der Waals surface area contributed by atoms with Gasteiger partial charge in [0.25, 0.3) is 0 Å². The quantitative estimate of drug-likeness (QED) is 0.789. The molecule has 0 atom stereocenters. The predicted molar refractivity (Wildman–Crippen MR) is 74.8 cm³/mol. The van der Waals surface area contributed by atoms with Crippen LogP contribution < -0.4 is 10.1 Å². The molecule has 0 fully saturated rings. The first-order valence-electron chi connectivity index (χ1n) is 6.67. The molecule has 2 aromatic rings. The molecule has 2 rings (SSSR count). The van der Waals surface area contributed by atoms with E-state index in [4.69, 9.17) is 4.74 Å². The Balaban J connectivity index is 2.02. The highest BCUT2D eigenvalue weighted by Gasteiger charge is 2.06. The Hall–Kier alpha value is -2.01. The summed E-state index contributed by atoms with van der Waals surface area (Å²) in [7, 11) is 0. The van der Waals surface area contributed by atoms with Gasteiger partial charge in [-0.05, 0) is 37.2 Å². The fourth-order valence-electron chi connectivity index (χ4n) is 1.77. The fraction of sp³-hybridized carbons (Fsp3) is 0.333. The molecule has 0 aliphatic carbocycles. The molecule has 5 heteroatoms. The minimum absolute atomic E-state index is 0.262. The van der Waals surface area contributed by atoms with Crippen LogP contribution >= 0.6 is 0 Å². The first-order valence-corrected chi connectivity index (χ1v) is 6.67. The average Bonchev–Trinajstić information content (AvgIpc) is 2.48. The van der Waals surface area contributed by atoms with Crippen LogP contribution in [-0.2, 0) is 13.2 Å². The SMILES string of the molecule is CCCNCc1cc(F)ccc1OCc1ncccn1. The van der Waals surface area contributed by atoms with Crippen LogP contribution in [0.3, 0.4) is 0 Å². The fourth-order valence-corrected chi connectivity index (χ4v) is 1.77. The summed E-state index contributed by atoms with van der Waals surface area (Å²) < 4.78 is 19.0. The second-order valence-electron chi connectivity index (χ2n) is 4.38. The summed E-state index contributed by atoms with van der Waals surface area (Å²) >= 11 is 0. The van der Waals surface area contributed by atoms with Crippen molar-refractivity contribution in [2.45, 2.75) is 26.5 Å². The maximum absolute atomic E-state index is 13.3. The summed E-state index contributed by atoms with van der Waals surface area (Å²) in [5, 5.41) is 3.24. The van der Waals surface area contributed by atoms with Gasteiger partial charge in [0.05, 0.1) is 0 Å². The van der Waals surface area contributed by atoms with Gasteiger partial charge in [-0.2, -0.15) is 0 Å². The Morgan fingerprint density at radius 2 is 2.05 bits per heavy atom. The zero-order valence-electron chi connectivity index (χ0n) is 11.5. The van der Waals surface area contributed by atoms with Crippen molar-refractivity contribution in [3.63, 3.8) is 0 Å². The number of hydrogen-bond donors (Lipinski definition) is 1. The van der Waals surface area contributed by atoms with Crippen LogP contribution in [0.25, 0.3) is 0 Å². The van der Waals surface area contributed by atoms with Crippen molar-refractivity contribution in [3.8, 4) is 5.75 Å². The van der Waals surface area contributed by atoms with E-state index >= 15 is 0 Å². The molecule has 1 aromatic heterocycles. The van der Waals surface area contributed by atoms with Crippen molar-refractivity contribution < 1.29 is 9.13 Å². The zero-order chi connectivity index (χ0) is 14.2. The summed E-state index contributed by atoms with van der Waals surface area (Å²) in [6.07, 6.45) is 4.36. The molecule has 0 amide bonds. The third-order valence-electron chi connectivity index (χ3n) is 2.74.